The minimum Gasteiger partial charge on any atom is -0.490 e. The Labute approximate surface area is 159 Å². The smallest absolute Gasteiger partial charge is 0.335 e. The lowest BCUT2D eigenvalue weighted by molar-refractivity contribution is -0.385. The number of hydrogen-bond acceptors (Lipinski definition) is 5. The van der Waals surface area contributed by atoms with Crippen molar-refractivity contribution in [2.45, 2.75) is 12.3 Å². The van der Waals surface area contributed by atoms with E-state index in [0.29, 0.717) is 17.6 Å². The Bertz CT molecular complexity index is 1190. The lowest BCUT2D eigenvalue weighted by atomic mass is 9.74. The van der Waals surface area contributed by atoms with Crippen molar-refractivity contribution in [3.05, 3.63) is 80.5 Å². The van der Waals surface area contributed by atoms with Crippen molar-refractivity contribution in [1.82, 2.24) is 4.98 Å². The highest BCUT2D eigenvalue weighted by Crippen LogP contribution is 2.47. The first kappa shape index (κ1) is 16.6. The third kappa shape index (κ3) is 2.26. The van der Waals surface area contributed by atoms with Crippen LogP contribution in [-0.2, 0) is 16.0 Å². The lowest BCUT2D eigenvalue weighted by Gasteiger charge is -2.27. The Balaban J connectivity index is 1.80. The van der Waals surface area contributed by atoms with Crippen LogP contribution in [0.2, 0.25) is 0 Å². The molecule has 5 rings (SSSR count). The molecule has 0 bridgehead atoms. The monoisotopic (exact) mass is 376 g/mol. The number of nitrogens with one attached hydrogen (secondary N) is 1. The number of benzene rings is 2. The average molecular weight is 376 g/mol. The zero-order valence-electron chi connectivity index (χ0n) is 15.0. The van der Waals surface area contributed by atoms with Crippen molar-refractivity contribution in [1.29, 1.82) is 0 Å². The van der Waals surface area contributed by atoms with Crippen molar-refractivity contribution >= 4 is 22.6 Å². The van der Waals surface area contributed by atoms with Crippen LogP contribution in [0.5, 0.6) is 5.75 Å². The SMILES string of the molecule is COc1ccc(C2C3=C(COC3=O)Cc3ccc4cc[nH]c4c32)cc1[N+](=O)[O-]. The molecule has 1 aromatic heterocycles. The zero-order valence-corrected chi connectivity index (χ0v) is 15.0. The van der Waals surface area contributed by atoms with Gasteiger partial charge in [0.15, 0.2) is 5.75 Å². The third-order valence-corrected chi connectivity index (χ3v) is 5.55. The molecule has 0 fully saturated rings. The molecule has 7 heteroatoms. The first-order chi connectivity index (χ1) is 13.6. The van der Waals surface area contributed by atoms with E-state index in [-0.39, 0.29) is 24.0 Å². The number of nitro benzene ring substituents is 1. The summed E-state index contributed by atoms with van der Waals surface area (Å²) in [7, 11) is 1.40. The molecular formula is C21H16N2O5. The van der Waals surface area contributed by atoms with Gasteiger partial charge >= 0.3 is 11.7 Å². The Kier molecular flexibility index (Phi) is 3.52. The second kappa shape index (κ2) is 5.95. The van der Waals surface area contributed by atoms with Gasteiger partial charge in [-0.3, -0.25) is 10.1 Å². The fraction of sp³-hybridized carbons (Fsp3) is 0.190. The number of ether oxygens (including phenoxy) is 2. The van der Waals surface area contributed by atoms with Gasteiger partial charge in [-0.1, -0.05) is 18.2 Å². The molecule has 1 unspecified atom stereocenters. The number of hydrogen-bond donors (Lipinski definition) is 1. The Morgan fingerprint density at radius 1 is 1.25 bits per heavy atom. The van der Waals surface area contributed by atoms with Gasteiger partial charge in [0, 0.05) is 23.7 Å². The molecular weight excluding hydrogens is 360 g/mol. The maximum atomic E-state index is 12.6. The summed E-state index contributed by atoms with van der Waals surface area (Å²) in [5, 5.41) is 12.6. The van der Waals surface area contributed by atoms with Gasteiger partial charge in [-0.25, -0.2) is 4.79 Å². The normalized spacial score (nSPS) is 18.0. The number of rotatable bonds is 3. The largest absolute Gasteiger partial charge is 0.490 e. The highest BCUT2D eigenvalue weighted by Gasteiger charge is 2.39. The molecule has 1 aliphatic heterocycles. The molecule has 2 heterocycles. The number of carbonyl (C=O) groups excluding carboxylic acids is 1. The molecule has 1 aliphatic carbocycles. The van der Waals surface area contributed by atoms with E-state index in [9.17, 15) is 14.9 Å². The minimum absolute atomic E-state index is 0.126. The summed E-state index contributed by atoms with van der Waals surface area (Å²) in [6, 6.07) is 10.9. The summed E-state index contributed by atoms with van der Waals surface area (Å²) in [6.45, 7) is 0.269. The van der Waals surface area contributed by atoms with E-state index in [1.54, 1.807) is 12.1 Å². The van der Waals surface area contributed by atoms with Crippen molar-refractivity contribution in [3.63, 3.8) is 0 Å². The van der Waals surface area contributed by atoms with E-state index in [4.69, 9.17) is 9.47 Å². The molecule has 0 amide bonds. The van der Waals surface area contributed by atoms with Gasteiger partial charge in [0.05, 0.1) is 17.6 Å². The number of nitro groups is 1. The number of aromatic amines is 1. The van der Waals surface area contributed by atoms with Crippen LogP contribution >= 0.6 is 0 Å². The summed E-state index contributed by atoms with van der Waals surface area (Å²) in [4.78, 5) is 26.9. The molecule has 1 atom stereocenters. The molecule has 2 aromatic carbocycles. The number of carbonyl (C=O) groups is 1. The van der Waals surface area contributed by atoms with Crippen LogP contribution in [0.1, 0.15) is 22.6 Å². The van der Waals surface area contributed by atoms with Gasteiger partial charge < -0.3 is 14.5 Å². The molecule has 0 saturated heterocycles. The van der Waals surface area contributed by atoms with Gasteiger partial charge in [-0.2, -0.15) is 0 Å². The number of aromatic nitrogens is 1. The molecule has 1 N–H and O–H groups in total. The van der Waals surface area contributed by atoms with Crippen molar-refractivity contribution < 1.29 is 19.2 Å². The second-order valence-electron chi connectivity index (χ2n) is 6.97. The Morgan fingerprint density at radius 3 is 2.89 bits per heavy atom. The number of methoxy groups -OCH3 is 1. The summed E-state index contributed by atoms with van der Waals surface area (Å²) in [6.07, 6.45) is 2.50. The van der Waals surface area contributed by atoms with Crippen molar-refractivity contribution in [2.75, 3.05) is 13.7 Å². The molecule has 2 aliphatic rings. The third-order valence-electron chi connectivity index (χ3n) is 5.55. The van der Waals surface area contributed by atoms with E-state index in [1.807, 2.05) is 18.3 Å². The fourth-order valence-electron chi connectivity index (χ4n) is 4.34. The Morgan fingerprint density at radius 2 is 2.11 bits per heavy atom. The van der Waals surface area contributed by atoms with Crippen molar-refractivity contribution in [3.8, 4) is 5.75 Å². The van der Waals surface area contributed by atoms with Crippen LogP contribution in [0.15, 0.2) is 53.7 Å². The number of cyclic esters (lactones) is 1. The van der Waals surface area contributed by atoms with Crippen LogP contribution < -0.4 is 4.74 Å². The first-order valence-corrected chi connectivity index (χ1v) is 8.88. The topological polar surface area (TPSA) is 94.5 Å². The van der Waals surface area contributed by atoms with Crippen molar-refractivity contribution in [2.24, 2.45) is 0 Å². The molecule has 0 saturated carbocycles. The predicted molar refractivity (Wildman–Crippen MR) is 101 cm³/mol. The molecule has 3 aromatic rings. The van der Waals surface area contributed by atoms with Crippen LogP contribution in [-0.4, -0.2) is 29.6 Å². The van der Waals surface area contributed by atoms with E-state index in [0.717, 1.165) is 27.6 Å². The van der Waals surface area contributed by atoms with Crippen LogP contribution in [0, 0.1) is 10.1 Å². The highest BCUT2D eigenvalue weighted by atomic mass is 16.6. The minimum atomic E-state index is -0.469. The molecule has 28 heavy (non-hydrogen) atoms. The number of fused-ring (bicyclic) bond motifs is 3. The number of nitrogens with zero attached hydrogens (tertiary/aromatic N) is 1. The molecule has 0 spiro atoms. The van der Waals surface area contributed by atoms with E-state index < -0.39 is 10.8 Å². The lowest BCUT2D eigenvalue weighted by Crippen LogP contribution is -2.18. The van der Waals surface area contributed by atoms with Crippen LogP contribution in [0.4, 0.5) is 5.69 Å². The Hall–Kier alpha value is -3.61. The van der Waals surface area contributed by atoms with Crippen LogP contribution in [0.25, 0.3) is 10.9 Å². The first-order valence-electron chi connectivity index (χ1n) is 8.88. The summed E-state index contributed by atoms with van der Waals surface area (Å²) >= 11 is 0. The van der Waals surface area contributed by atoms with Gasteiger partial charge in [-0.05, 0) is 46.2 Å². The average Bonchev–Trinajstić information content (AvgIpc) is 3.32. The number of esters is 1. The summed E-state index contributed by atoms with van der Waals surface area (Å²) in [5.41, 5.74) is 5.07. The summed E-state index contributed by atoms with van der Waals surface area (Å²) in [5.74, 6) is -0.598. The standard InChI is InChI=1S/C21H16N2O5/c1-27-16-5-4-13(9-15(16)23(25)26)17-18-12(3-2-11-6-7-22-20(11)18)8-14-10-28-21(24)19(14)17/h2-7,9,17,22H,8,10H2,1H3. The fourth-order valence-corrected chi connectivity index (χ4v) is 4.34. The van der Waals surface area contributed by atoms with E-state index >= 15 is 0 Å². The molecule has 0 radical (unpaired) electrons. The highest BCUT2D eigenvalue weighted by molar-refractivity contribution is 5.98. The quantitative estimate of drug-likeness (QED) is 0.428. The van der Waals surface area contributed by atoms with E-state index in [2.05, 4.69) is 11.1 Å². The maximum absolute atomic E-state index is 12.6. The predicted octanol–water partition coefficient (Wildman–Crippen LogP) is 3.63. The van der Waals surface area contributed by atoms with E-state index in [1.165, 1.54) is 13.2 Å². The van der Waals surface area contributed by atoms with Gasteiger partial charge in [-0.15, -0.1) is 0 Å². The second-order valence-corrected chi connectivity index (χ2v) is 6.97. The molecule has 140 valence electrons. The zero-order chi connectivity index (χ0) is 19.4. The molecule has 7 nitrogen and oxygen atoms in total. The summed E-state index contributed by atoms with van der Waals surface area (Å²) < 4.78 is 10.4. The van der Waals surface area contributed by atoms with Gasteiger partial charge in [0.2, 0.25) is 0 Å². The van der Waals surface area contributed by atoms with Gasteiger partial charge in [0.1, 0.15) is 6.61 Å². The van der Waals surface area contributed by atoms with Gasteiger partial charge in [0.25, 0.3) is 0 Å². The van der Waals surface area contributed by atoms with Crippen LogP contribution in [0.3, 0.4) is 0 Å². The maximum Gasteiger partial charge on any atom is 0.335 e. The number of H-pyrrole nitrogens is 1.